The standard InChI is InChI=1S/C15H25N5O2/c1-12(2)4-3-7-19-8-5-13(6-9-19)18-15-16-10-14(11-17-15)20(21)22/h10-13H,3-9H2,1-2H3,(H,16,17,18). The molecule has 1 fully saturated rings. The van der Waals surface area contributed by atoms with Crippen molar-refractivity contribution in [2.45, 2.75) is 45.6 Å². The van der Waals surface area contributed by atoms with E-state index in [1.54, 1.807) is 0 Å². The first-order valence-electron chi connectivity index (χ1n) is 8.00. The summed E-state index contributed by atoms with van der Waals surface area (Å²) in [5.41, 5.74) is -0.0782. The molecular formula is C15H25N5O2. The second-order valence-corrected chi connectivity index (χ2v) is 6.32. The van der Waals surface area contributed by atoms with Crippen LogP contribution in [0.3, 0.4) is 0 Å². The van der Waals surface area contributed by atoms with Crippen molar-refractivity contribution < 1.29 is 4.92 Å². The van der Waals surface area contributed by atoms with Gasteiger partial charge in [0.15, 0.2) is 0 Å². The Balaban J connectivity index is 1.71. The van der Waals surface area contributed by atoms with Gasteiger partial charge in [-0.3, -0.25) is 10.1 Å². The average molecular weight is 307 g/mol. The van der Waals surface area contributed by atoms with Gasteiger partial charge in [-0.1, -0.05) is 13.8 Å². The summed E-state index contributed by atoms with van der Waals surface area (Å²) in [7, 11) is 0. The summed E-state index contributed by atoms with van der Waals surface area (Å²) in [5.74, 6) is 1.25. The van der Waals surface area contributed by atoms with Gasteiger partial charge in [-0.2, -0.15) is 0 Å². The first-order valence-corrected chi connectivity index (χ1v) is 8.00. The maximum atomic E-state index is 10.6. The molecule has 0 spiro atoms. The smallest absolute Gasteiger partial charge is 0.305 e. The normalized spacial score (nSPS) is 16.9. The number of anilines is 1. The lowest BCUT2D eigenvalue weighted by molar-refractivity contribution is -0.385. The lowest BCUT2D eigenvalue weighted by Gasteiger charge is -2.32. The van der Waals surface area contributed by atoms with Crippen LogP contribution in [0.1, 0.15) is 39.5 Å². The Hall–Kier alpha value is -1.76. The SMILES string of the molecule is CC(C)CCCN1CCC(Nc2ncc([N+](=O)[O-])cn2)CC1. The molecule has 1 aromatic rings. The molecule has 0 atom stereocenters. The molecule has 1 aliphatic heterocycles. The molecule has 0 aromatic carbocycles. The summed E-state index contributed by atoms with van der Waals surface area (Å²) in [4.78, 5) is 20.6. The first kappa shape index (κ1) is 16.6. The second kappa shape index (κ2) is 8.03. The third kappa shape index (κ3) is 5.22. The Morgan fingerprint density at radius 3 is 2.55 bits per heavy atom. The zero-order valence-electron chi connectivity index (χ0n) is 13.4. The maximum absolute atomic E-state index is 10.6. The van der Waals surface area contributed by atoms with Gasteiger partial charge < -0.3 is 10.2 Å². The van der Waals surface area contributed by atoms with Gasteiger partial charge in [0.05, 0.1) is 4.92 Å². The predicted molar refractivity (Wildman–Crippen MR) is 85.8 cm³/mol. The van der Waals surface area contributed by atoms with Crippen LogP contribution in [-0.4, -0.2) is 45.5 Å². The highest BCUT2D eigenvalue weighted by molar-refractivity contribution is 5.31. The number of nitro groups is 1. The van der Waals surface area contributed by atoms with Crippen LogP contribution in [-0.2, 0) is 0 Å². The van der Waals surface area contributed by atoms with E-state index in [4.69, 9.17) is 0 Å². The Morgan fingerprint density at radius 2 is 2.00 bits per heavy atom. The molecule has 122 valence electrons. The van der Waals surface area contributed by atoms with E-state index in [9.17, 15) is 10.1 Å². The summed E-state index contributed by atoms with van der Waals surface area (Å²) >= 11 is 0. The van der Waals surface area contributed by atoms with E-state index in [2.05, 4.69) is 34.0 Å². The molecule has 1 aromatic heterocycles. The van der Waals surface area contributed by atoms with Gasteiger partial charge in [-0.05, 0) is 38.1 Å². The molecule has 0 aliphatic carbocycles. The number of likely N-dealkylation sites (tertiary alicyclic amines) is 1. The molecule has 1 saturated heterocycles. The topological polar surface area (TPSA) is 84.2 Å². The van der Waals surface area contributed by atoms with Crippen molar-refractivity contribution in [3.63, 3.8) is 0 Å². The summed E-state index contributed by atoms with van der Waals surface area (Å²) < 4.78 is 0. The zero-order valence-corrected chi connectivity index (χ0v) is 13.4. The van der Waals surface area contributed by atoms with Crippen LogP contribution in [0.15, 0.2) is 12.4 Å². The fourth-order valence-corrected chi connectivity index (χ4v) is 2.70. The Labute approximate surface area is 131 Å². The lowest BCUT2D eigenvalue weighted by Crippen LogP contribution is -2.39. The van der Waals surface area contributed by atoms with Crippen molar-refractivity contribution >= 4 is 11.6 Å². The van der Waals surface area contributed by atoms with Gasteiger partial charge in [0.1, 0.15) is 12.4 Å². The summed E-state index contributed by atoms with van der Waals surface area (Å²) in [6, 6.07) is 0.350. The minimum Gasteiger partial charge on any atom is -0.351 e. The van der Waals surface area contributed by atoms with Crippen LogP contribution < -0.4 is 5.32 Å². The van der Waals surface area contributed by atoms with Crippen LogP contribution in [0.4, 0.5) is 11.6 Å². The minimum absolute atomic E-state index is 0.0782. The highest BCUT2D eigenvalue weighted by Gasteiger charge is 2.19. The highest BCUT2D eigenvalue weighted by Crippen LogP contribution is 2.16. The fourth-order valence-electron chi connectivity index (χ4n) is 2.70. The van der Waals surface area contributed by atoms with E-state index >= 15 is 0 Å². The van der Waals surface area contributed by atoms with Crippen molar-refractivity contribution in [1.29, 1.82) is 0 Å². The number of nitrogens with zero attached hydrogens (tertiary/aromatic N) is 4. The van der Waals surface area contributed by atoms with Crippen LogP contribution >= 0.6 is 0 Å². The summed E-state index contributed by atoms with van der Waals surface area (Å²) in [6.45, 7) is 7.88. The number of hydrogen-bond donors (Lipinski definition) is 1. The molecule has 0 radical (unpaired) electrons. The quantitative estimate of drug-likeness (QED) is 0.616. The van der Waals surface area contributed by atoms with Crippen molar-refractivity contribution in [2.75, 3.05) is 25.0 Å². The highest BCUT2D eigenvalue weighted by atomic mass is 16.6. The lowest BCUT2D eigenvalue weighted by atomic mass is 10.0. The van der Waals surface area contributed by atoms with E-state index in [0.29, 0.717) is 12.0 Å². The molecule has 1 N–H and O–H groups in total. The molecule has 7 nitrogen and oxygen atoms in total. The first-order chi connectivity index (χ1) is 10.5. The van der Waals surface area contributed by atoms with Crippen molar-refractivity contribution in [2.24, 2.45) is 5.92 Å². The molecule has 22 heavy (non-hydrogen) atoms. The Kier molecular flexibility index (Phi) is 6.06. The van der Waals surface area contributed by atoms with Gasteiger partial charge >= 0.3 is 5.69 Å². The molecule has 0 saturated carbocycles. The summed E-state index contributed by atoms with van der Waals surface area (Å²) in [5, 5.41) is 13.8. The third-order valence-corrected chi connectivity index (χ3v) is 4.03. The van der Waals surface area contributed by atoms with Gasteiger partial charge in [-0.25, -0.2) is 9.97 Å². The van der Waals surface area contributed by atoms with E-state index in [0.717, 1.165) is 31.8 Å². The summed E-state index contributed by atoms with van der Waals surface area (Å²) in [6.07, 6.45) is 7.16. The van der Waals surface area contributed by atoms with E-state index in [1.165, 1.54) is 31.8 Å². The molecule has 0 unspecified atom stereocenters. The van der Waals surface area contributed by atoms with Gasteiger partial charge in [0.25, 0.3) is 0 Å². The van der Waals surface area contributed by atoms with Crippen LogP contribution in [0.2, 0.25) is 0 Å². The van der Waals surface area contributed by atoms with Crippen molar-refractivity contribution in [1.82, 2.24) is 14.9 Å². The molecule has 0 bridgehead atoms. The number of rotatable bonds is 7. The van der Waals surface area contributed by atoms with Gasteiger partial charge in [-0.15, -0.1) is 0 Å². The Bertz CT molecular complexity index is 469. The molecule has 7 heteroatoms. The molecule has 0 amide bonds. The average Bonchev–Trinajstić information content (AvgIpc) is 2.49. The van der Waals surface area contributed by atoms with E-state index in [1.807, 2.05) is 0 Å². The van der Waals surface area contributed by atoms with E-state index in [-0.39, 0.29) is 5.69 Å². The molecule has 1 aliphatic rings. The fraction of sp³-hybridized carbons (Fsp3) is 0.733. The number of hydrogen-bond acceptors (Lipinski definition) is 6. The van der Waals surface area contributed by atoms with Crippen molar-refractivity contribution in [3.8, 4) is 0 Å². The number of piperidine rings is 1. The maximum Gasteiger partial charge on any atom is 0.305 e. The van der Waals surface area contributed by atoms with Crippen LogP contribution in [0.5, 0.6) is 0 Å². The van der Waals surface area contributed by atoms with Gasteiger partial charge in [0, 0.05) is 19.1 Å². The van der Waals surface area contributed by atoms with Crippen LogP contribution in [0, 0.1) is 16.0 Å². The minimum atomic E-state index is -0.487. The third-order valence-electron chi connectivity index (χ3n) is 4.03. The van der Waals surface area contributed by atoms with Gasteiger partial charge in [0.2, 0.25) is 5.95 Å². The zero-order chi connectivity index (χ0) is 15.9. The second-order valence-electron chi connectivity index (χ2n) is 6.32. The molecule has 2 heterocycles. The number of aromatic nitrogens is 2. The van der Waals surface area contributed by atoms with Crippen LogP contribution in [0.25, 0.3) is 0 Å². The molecular weight excluding hydrogens is 282 g/mol. The van der Waals surface area contributed by atoms with Crippen molar-refractivity contribution in [3.05, 3.63) is 22.5 Å². The number of nitrogens with one attached hydrogen (secondary N) is 1. The largest absolute Gasteiger partial charge is 0.351 e. The van der Waals surface area contributed by atoms with E-state index < -0.39 is 4.92 Å². The Morgan fingerprint density at radius 1 is 1.36 bits per heavy atom. The molecule has 2 rings (SSSR count). The predicted octanol–water partition coefficient (Wildman–Crippen LogP) is 2.70. The monoisotopic (exact) mass is 307 g/mol.